The predicted octanol–water partition coefficient (Wildman–Crippen LogP) is 2.61. The summed E-state index contributed by atoms with van der Waals surface area (Å²) >= 11 is 0. The number of piperidine rings is 1. The van der Waals surface area contributed by atoms with E-state index in [1.54, 1.807) is 24.1 Å². The lowest BCUT2D eigenvalue weighted by atomic mass is 9.95. The van der Waals surface area contributed by atoms with Crippen molar-refractivity contribution >= 4 is 5.91 Å². The van der Waals surface area contributed by atoms with Crippen LogP contribution in [0.1, 0.15) is 32.3 Å². The van der Waals surface area contributed by atoms with Crippen LogP contribution < -0.4 is 4.74 Å². The van der Waals surface area contributed by atoms with Gasteiger partial charge in [0.05, 0.1) is 25.9 Å². The number of amides is 1. The number of hydrogen-bond donors (Lipinski definition) is 0. The number of likely N-dealkylation sites (N-methyl/N-ethyl adjacent to an activating group) is 1. The van der Waals surface area contributed by atoms with Crippen molar-refractivity contribution in [2.45, 2.75) is 45.4 Å². The van der Waals surface area contributed by atoms with Crippen molar-refractivity contribution in [3.05, 3.63) is 29.6 Å². The zero-order valence-corrected chi connectivity index (χ0v) is 18.8. The van der Waals surface area contributed by atoms with Gasteiger partial charge in [0.15, 0.2) is 11.6 Å². The Hall–Kier alpha value is -1.70. The number of benzene rings is 1. The van der Waals surface area contributed by atoms with Crippen LogP contribution in [0.3, 0.4) is 0 Å². The second-order valence-corrected chi connectivity index (χ2v) is 8.91. The van der Waals surface area contributed by atoms with Crippen LogP contribution >= 0.6 is 0 Å². The number of halogens is 1. The molecule has 0 aromatic heterocycles. The molecule has 30 heavy (non-hydrogen) atoms. The lowest BCUT2D eigenvalue weighted by molar-refractivity contribution is -0.132. The molecule has 2 atom stereocenters. The van der Waals surface area contributed by atoms with Gasteiger partial charge in [-0.05, 0) is 63.4 Å². The van der Waals surface area contributed by atoms with Crippen molar-refractivity contribution in [3.8, 4) is 5.75 Å². The summed E-state index contributed by atoms with van der Waals surface area (Å²) in [5.74, 6) is 0.577. The molecular weight excluding hydrogens is 385 g/mol. The zero-order chi connectivity index (χ0) is 21.7. The summed E-state index contributed by atoms with van der Waals surface area (Å²) in [4.78, 5) is 19.1. The van der Waals surface area contributed by atoms with Gasteiger partial charge in [-0.15, -0.1) is 0 Å². The van der Waals surface area contributed by atoms with E-state index >= 15 is 0 Å². The van der Waals surface area contributed by atoms with Crippen molar-refractivity contribution in [1.29, 1.82) is 0 Å². The summed E-state index contributed by atoms with van der Waals surface area (Å²) in [5, 5.41) is 0. The van der Waals surface area contributed by atoms with E-state index in [2.05, 4.69) is 23.6 Å². The minimum Gasteiger partial charge on any atom is -0.494 e. The number of carbonyl (C=O) groups is 1. The first-order valence-electron chi connectivity index (χ1n) is 11.0. The van der Waals surface area contributed by atoms with E-state index in [4.69, 9.17) is 9.47 Å². The highest BCUT2D eigenvalue weighted by Crippen LogP contribution is 2.21. The number of nitrogens with zero attached hydrogens (tertiary/aromatic N) is 3. The third-order valence-electron chi connectivity index (χ3n) is 6.14. The third kappa shape index (κ3) is 6.40. The maximum atomic E-state index is 13.9. The maximum absolute atomic E-state index is 13.9. The third-order valence-corrected chi connectivity index (χ3v) is 6.14. The van der Waals surface area contributed by atoms with Gasteiger partial charge in [-0.2, -0.15) is 0 Å². The minimum atomic E-state index is -0.401. The van der Waals surface area contributed by atoms with Crippen molar-refractivity contribution in [2.24, 2.45) is 5.92 Å². The number of ether oxygens (including phenoxy) is 2. The first-order chi connectivity index (χ1) is 14.3. The second-order valence-electron chi connectivity index (χ2n) is 8.91. The Morgan fingerprint density at radius 3 is 2.47 bits per heavy atom. The van der Waals surface area contributed by atoms with E-state index in [9.17, 15) is 9.18 Å². The van der Waals surface area contributed by atoms with Gasteiger partial charge in [0.1, 0.15) is 0 Å². The zero-order valence-electron chi connectivity index (χ0n) is 18.8. The molecule has 2 heterocycles. The summed E-state index contributed by atoms with van der Waals surface area (Å²) < 4.78 is 24.7. The van der Waals surface area contributed by atoms with Gasteiger partial charge in [0.25, 0.3) is 0 Å². The monoisotopic (exact) mass is 421 g/mol. The highest BCUT2D eigenvalue weighted by molar-refractivity contribution is 5.78. The fourth-order valence-corrected chi connectivity index (χ4v) is 4.61. The van der Waals surface area contributed by atoms with Crippen LogP contribution in [0.5, 0.6) is 5.75 Å². The van der Waals surface area contributed by atoms with Crippen LogP contribution in [0.2, 0.25) is 0 Å². The molecule has 2 aliphatic rings. The van der Waals surface area contributed by atoms with Gasteiger partial charge in [-0.1, -0.05) is 6.07 Å². The number of carbonyl (C=O) groups excluding carboxylic acids is 1. The SMILES string of the molecule is COc1ccc(CN(C)C(=O)CN2CCC(CN3CC(C)OC(C)C3)CC2)cc1F. The molecule has 2 fully saturated rings. The molecule has 0 N–H and O–H groups in total. The lowest BCUT2D eigenvalue weighted by Gasteiger charge is -2.39. The molecule has 168 valence electrons. The lowest BCUT2D eigenvalue weighted by Crippen LogP contribution is -2.49. The van der Waals surface area contributed by atoms with Gasteiger partial charge in [-0.25, -0.2) is 4.39 Å². The van der Waals surface area contributed by atoms with Gasteiger partial charge >= 0.3 is 0 Å². The quantitative estimate of drug-likeness (QED) is 0.677. The average molecular weight is 422 g/mol. The topological polar surface area (TPSA) is 45.2 Å². The molecule has 2 unspecified atom stereocenters. The number of rotatable bonds is 7. The van der Waals surface area contributed by atoms with E-state index in [1.807, 2.05) is 0 Å². The second kappa shape index (κ2) is 10.6. The van der Waals surface area contributed by atoms with Crippen molar-refractivity contribution in [2.75, 3.05) is 53.4 Å². The maximum Gasteiger partial charge on any atom is 0.236 e. The number of morpholine rings is 1. The molecule has 0 aliphatic carbocycles. The fraction of sp³-hybridized carbons (Fsp3) is 0.696. The van der Waals surface area contributed by atoms with E-state index in [-0.39, 0.29) is 11.7 Å². The van der Waals surface area contributed by atoms with Crippen molar-refractivity contribution in [1.82, 2.24) is 14.7 Å². The van der Waals surface area contributed by atoms with Crippen molar-refractivity contribution in [3.63, 3.8) is 0 Å². The molecule has 2 saturated heterocycles. The summed E-state index contributed by atoms with van der Waals surface area (Å²) in [6, 6.07) is 4.83. The summed E-state index contributed by atoms with van der Waals surface area (Å²) in [5.41, 5.74) is 0.761. The van der Waals surface area contributed by atoms with E-state index in [0.717, 1.165) is 51.1 Å². The van der Waals surface area contributed by atoms with E-state index in [1.165, 1.54) is 13.2 Å². The smallest absolute Gasteiger partial charge is 0.236 e. The van der Waals surface area contributed by atoms with Crippen LogP contribution in [0.25, 0.3) is 0 Å². The summed E-state index contributed by atoms with van der Waals surface area (Å²) in [7, 11) is 3.22. The highest BCUT2D eigenvalue weighted by atomic mass is 19.1. The normalized spacial score (nSPS) is 24.0. The predicted molar refractivity (Wildman–Crippen MR) is 115 cm³/mol. The molecule has 1 aromatic carbocycles. The Bertz CT molecular complexity index is 699. The number of hydrogen-bond acceptors (Lipinski definition) is 5. The van der Waals surface area contributed by atoms with Crippen LogP contribution in [0.15, 0.2) is 18.2 Å². The summed E-state index contributed by atoms with van der Waals surface area (Å²) in [6.07, 6.45) is 2.86. The molecule has 2 aliphatic heterocycles. The number of likely N-dealkylation sites (tertiary alicyclic amines) is 1. The van der Waals surface area contributed by atoms with Crippen LogP contribution in [0.4, 0.5) is 4.39 Å². The average Bonchev–Trinajstić information content (AvgIpc) is 2.69. The molecule has 0 bridgehead atoms. The van der Waals surface area contributed by atoms with E-state index < -0.39 is 5.82 Å². The molecule has 0 spiro atoms. The van der Waals surface area contributed by atoms with Gasteiger partial charge in [-0.3, -0.25) is 14.6 Å². The summed E-state index contributed by atoms with van der Waals surface area (Å²) in [6.45, 7) is 10.2. The van der Waals surface area contributed by atoms with Gasteiger partial charge < -0.3 is 14.4 Å². The Morgan fingerprint density at radius 2 is 1.87 bits per heavy atom. The van der Waals surface area contributed by atoms with Gasteiger partial charge in [0, 0.05) is 33.2 Å². The number of methoxy groups -OCH3 is 1. The molecule has 7 heteroatoms. The Balaban J connectivity index is 1.40. The Kier molecular flexibility index (Phi) is 8.08. The largest absolute Gasteiger partial charge is 0.494 e. The molecule has 1 amide bonds. The Morgan fingerprint density at radius 1 is 1.20 bits per heavy atom. The molecule has 0 radical (unpaired) electrons. The molecule has 1 aromatic rings. The molecule has 6 nitrogen and oxygen atoms in total. The molecule has 0 saturated carbocycles. The van der Waals surface area contributed by atoms with Gasteiger partial charge in [0.2, 0.25) is 5.91 Å². The first-order valence-corrected chi connectivity index (χ1v) is 11.0. The fourth-order valence-electron chi connectivity index (χ4n) is 4.61. The minimum absolute atomic E-state index is 0.0699. The molecular formula is C23H36FN3O3. The van der Waals surface area contributed by atoms with Crippen LogP contribution in [-0.4, -0.2) is 86.2 Å². The first kappa shape index (κ1) is 23.0. The van der Waals surface area contributed by atoms with Crippen molar-refractivity contribution < 1.29 is 18.7 Å². The molecule has 3 rings (SSSR count). The van der Waals surface area contributed by atoms with Crippen LogP contribution in [0, 0.1) is 11.7 Å². The van der Waals surface area contributed by atoms with E-state index in [0.29, 0.717) is 31.2 Å². The Labute approximate surface area is 179 Å². The van der Waals surface area contributed by atoms with Crippen LogP contribution in [-0.2, 0) is 16.1 Å². The highest BCUT2D eigenvalue weighted by Gasteiger charge is 2.27. The standard InChI is InChI=1S/C23H36FN3O3/c1-17-12-27(13-18(2)30-17)15-19-7-9-26(10-8-19)16-23(28)25(3)14-20-5-6-22(29-4)21(24)11-20/h5-6,11,17-19H,7-10,12-16H2,1-4H3.